The van der Waals surface area contributed by atoms with Crippen LogP contribution < -0.4 is 0 Å². The Morgan fingerprint density at radius 1 is 1.23 bits per heavy atom. The molecule has 30 heavy (non-hydrogen) atoms. The summed E-state index contributed by atoms with van der Waals surface area (Å²) in [5, 5.41) is 13.6. The van der Waals surface area contributed by atoms with E-state index in [0.717, 1.165) is 30.2 Å². The molecule has 9 heteroatoms. The first-order valence-corrected chi connectivity index (χ1v) is 11.0. The molecule has 7 nitrogen and oxygen atoms in total. The standard InChI is InChI=1S/C21H26FN5O2S/c1-13(18-23-19(26-29-18)21(2,3)4)30-20-25-24-17(14-7-9-15(22)10-8-14)27(20)12-16-6-5-11-28-16/h7-10,13,16H,5-6,11-12H2,1-4H3. The molecule has 0 saturated carbocycles. The van der Waals surface area contributed by atoms with Crippen molar-refractivity contribution in [2.45, 2.75) is 69.0 Å². The first-order valence-electron chi connectivity index (χ1n) is 10.1. The van der Waals surface area contributed by atoms with Crippen LogP contribution in [0.4, 0.5) is 4.39 Å². The number of aromatic nitrogens is 5. The van der Waals surface area contributed by atoms with Crippen molar-refractivity contribution in [3.05, 3.63) is 41.8 Å². The molecule has 1 saturated heterocycles. The third kappa shape index (κ3) is 4.57. The van der Waals surface area contributed by atoms with Gasteiger partial charge in [0, 0.05) is 17.6 Å². The van der Waals surface area contributed by atoms with Crippen molar-refractivity contribution >= 4 is 11.8 Å². The third-order valence-corrected chi connectivity index (χ3v) is 6.04. The van der Waals surface area contributed by atoms with Crippen molar-refractivity contribution in [1.29, 1.82) is 0 Å². The van der Waals surface area contributed by atoms with E-state index in [9.17, 15) is 4.39 Å². The third-order valence-electron chi connectivity index (χ3n) is 4.97. The number of thioether (sulfide) groups is 1. The van der Waals surface area contributed by atoms with E-state index >= 15 is 0 Å². The molecule has 2 unspecified atom stereocenters. The number of nitrogens with zero attached hydrogens (tertiary/aromatic N) is 5. The Bertz CT molecular complexity index is 990. The highest BCUT2D eigenvalue weighted by Gasteiger charge is 2.27. The molecule has 1 aromatic carbocycles. The van der Waals surface area contributed by atoms with Gasteiger partial charge in [0.15, 0.2) is 16.8 Å². The van der Waals surface area contributed by atoms with Gasteiger partial charge in [-0.05, 0) is 44.0 Å². The van der Waals surface area contributed by atoms with E-state index in [0.29, 0.717) is 24.1 Å². The molecule has 2 atom stereocenters. The highest BCUT2D eigenvalue weighted by molar-refractivity contribution is 7.99. The maximum atomic E-state index is 13.4. The van der Waals surface area contributed by atoms with E-state index in [2.05, 4.69) is 20.3 Å². The quantitative estimate of drug-likeness (QED) is 0.519. The average Bonchev–Trinajstić information content (AvgIpc) is 3.44. The fourth-order valence-corrected chi connectivity index (χ4v) is 4.15. The smallest absolute Gasteiger partial charge is 0.239 e. The van der Waals surface area contributed by atoms with Crippen LogP contribution in [-0.4, -0.2) is 37.6 Å². The number of benzene rings is 1. The zero-order valence-corrected chi connectivity index (χ0v) is 18.4. The molecule has 3 heterocycles. The molecule has 2 aromatic heterocycles. The summed E-state index contributed by atoms with van der Waals surface area (Å²) in [5.74, 6) is 1.65. The van der Waals surface area contributed by atoms with Gasteiger partial charge in [0.2, 0.25) is 5.89 Å². The van der Waals surface area contributed by atoms with Crippen molar-refractivity contribution in [1.82, 2.24) is 24.9 Å². The lowest BCUT2D eigenvalue weighted by molar-refractivity contribution is 0.0953. The van der Waals surface area contributed by atoms with Crippen LogP contribution in [-0.2, 0) is 16.7 Å². The minimum atomic E-state index is -0.279. The van der Waals surface area contributed by atoms with E-state index < -0.39 is 0 Å². The molecular weight excluding hydrogens is 405 g/mol. The van der Waals surface area contributed by atoms with Gasteiger partial charge < -0.3 is 9.26 Å². The van der Waals surface area contributed by atoms with E-state index in [4.69, 9.17) is 9.26 Å². The molecule has 1 fully saturated rings. The second-order valence-electron chi connectivity index (χ2n) is 8.53. The summed E-state index contributed by atoms with van der Waals surface area (Å²) in [7, 11) is 0. The molecule has 0 radical (unpaired) electrons. The lowest BCUT2D eigenvalue weighted by Crippen LogP contribution is -2.17. The van der Waals surface area contributed by atoms with E-state index in [1.165, 1.54) is 23.9 Å². The zero-order valence-electron chi connectivity index (χ0n) is 17.6. The Kier molecular flexibility index (Phi) is 5.92. The maximum absolute atomic E-state index is 13.4. The number of hydrogen-bond donors (Lipinski definition) is 0. The molecule has 0 aliphatic carbocycles. The van der Waals surface area contributed by atoms with Crippen molar-refractivity contribution in [2.75, 3.05) is 6.61 Å². The lowest BCUT2D eigenvalue weighted by Gasteiger charge is -2.15. The summed E-state index contributed by atoms with van der Waals surface area (Å²) in [4.78, 5) is 4.56. The Labute approximate surface area is 179 Å². The number of ether oxygens (including phenoxy) is 1. The SMILES string of the molecule is CC(Sc1nnc(-c2ccc(F)cc2)n1CC1CCCO1)c1nc(C(C)(C)C)no1. The fraction of sp³-hybridized carbons (Fsp3) is 0.524. The molecule has 0 bridgehead atoms. The minimum Gasteiger partial charge on any atom is -0.376 e. The van der Waals surface area contributed by atoms with Crippen LogP contribution in [0.15, 0.2) is 33.9 Å². The van der Waals surface area contributed by atoms with Crippen LogP contribution in [0.5, 0.6) is 0 Å². The van der Waals surface area contributed by atoms with E-state index in [1.54, 1.807) is 12.1 Å². The summed E-state index contributed by atoms with van der Waals surface area (Å²) in [6.45, 7) is 9.57. The number of hydrogen-bond acceptors (Lipinski definition) is 7. The minimum absolute atomic E-state index is 0.0953. The number of halogens is 1. The van der Waals surface area contributed by atoms with Gasteiger partial charge in [-0.2, -0.15) is 4.98 Å². The molecule has 1 aliphatic heterocycles. The monoisotopic (exact) mass is 431 g/mol. The summed E-state index contributed by atoms with van der Waals surface area (Å²) in [6.07, 6.45) is 2.17. The van der Waals surface area contributed by atoms with Gasteiger partial charge in [-0.25, -0.2) is 4.39 Å². The predicted octanol–water partition coefficient (Wildman–Crippen LogP) is 4.80. The molecule has 0 amide bonds. The molecule has 1 aliphatic rings. The van der Waals surface area contributed by atoms with Crippen LogP contribution in [0.3, 0.4) is 0 Å². The average molecular weight is 432 g/mol. The van der Waals surface area contributed by atoms with Crippen LogP contribution in [0, 0.1) is 5.82 Å². The largest absolute Gasteiger partial charge is 0.376 e. The topological polar surface area (TPSA) is 78.9 Å². The lowest BCUT2D eigenvalue weighted by atomic mass is 9.96. The van der Waals surface area contributed by atoms with Gasteiger partial charge in [0.05, 0.1) is 17.9 Å². The molecule has 160 valence electrons. The highest BCUT2D eigenvalue weighted by Crippen LogP contribution is 2.36. The van der Waals surface area contributed by atoms with E-state index in [-0.39, 0.29) is 22.6 Å². The Balaban J connectivity index is 1.61. The Morgan fingerprint density at radius 3 is 2.63 bits per heavy atom. The van der Waals surface area contributed by atoms with Gasteiger partial charge in [-0.3, -0.25) is 4.57 Å². The number of rotatable bonds is 6. The van der Waals surface area contributed by atoms with Crippen molar-refractivity contribution in [3.63, 3.8) is 0 Å². The second-order valence-corrected chi connectivity index (χ2v) is 9.83. The van der Waals surface area contributed by atoms with E-state index in [1.807, 2.05) is 32.3 Å². The Hall–Kier alpha value is -2.26. The fourth-order valence-electron chi connectivity index (χ4n) is 3.26. The Morgan fingerprint density at radius 2 is 2.00 bits per heavy atom. The molecule has 4 rings (SSSR count). The predicted molar refractivity (Wildman–Crippen MR) is 112 cm³/mol. The van der Waals surface area contributed by atoms with Gasteiger partial charge in [0.1, 0.15) is 5.82 Å². The highest BCUT2D eigenvalue weighted by atomic mass is 32.2. The van der Waals surface area contributed by atoms with Gasteiger partial charge in [0.25, 0.3) is 0 Å². The first-order chi connectivity index (χ1) is 14.3. The van der Waals surface area contributed by atoms with Gasteiger partial charge in [-0.1, -0.05) is 37.7 Å². The maximum Gasteiger partial charge on any atom is 0.239 e. The van der Waals surface area contributed by atoms with Gasteiger partial charge >= 0.3 is 0 Å². The zero-order chi connectivity index (χ0) is 21.3. The summed E-state index contributed by atoms with van der Waals surface area (Å²) >= 11 is 1.51. The van der Waals surface area contributed by atoms with Crippen LogP contribution in [0.25, 0.3) is 11.4 Å². The molecule has 0 spiro atoms. The summed E-state index contributed by atoms with van der Waals surface area (Å²) in [5.41, 5.74) is 0.635. The second kappa shape index (κ2) is 8.47. The van der Waals surface area contributed by atoms with Crippen molar-refractivity contribution < 1.29 is 13.7 Å². The van der Waals surface area contributed by atoms with Crippen LogP contribution >= 0.6 is 11.8 Å². The normalized spacial score (nSPS) is 18.1. The molecular formula is C21H26FN5O2S. The van der Waals surface area contributed by atoms with Crippen molar-refractivity contribution in [2.24, 2.45) is 0 Å². The summed E-state index contributed by atoms with van der Waals surface area (Å²) < 4.78 is 26.8. The molecule has 3 aromatic rings. The van der Waals surface area contributed by atoms with Gasteiger partial charge in [-0.15, -0.1) is 10.2 Å². The van der Waals surface area contributed by atoms with Crippen LogP contribution in [0.2, 0.25) is 0 Å². The van der Waals surface area contributed by atoms with Crippen molar-refractivity contribution in [3.8, 4) is 11.4 Å². The molecule has 0 N–H and O–H groups in total. The summed E-state index contributed by atoms with van der Waals surface area (Å²) in [6, 6.07) is 6.30. The first kappa shape index (κ1) is 21.0. The van der Waals surface area contributed by atoms with Crippen LogP contribution in [0.1, 0.15) is 57.5 Å².